The lowest BCUT2D eigenvalue weighted by molar-refractivity contribution is 0.0957. The molecule has 0 aliphatic carbocycles. The first kappa shape index (κ1) is 13.3. The fourth-order valence-corrected chi connectivity index (χ4v) is 2.81. The van der Waals surface area contributed by atoms with Crippen LogP contribution in [0.4, 0.5) is 0 Å². The zero-order valence-electron chi connectivity index (χ0n) is 10.00. The zero-order chi connectivity index (χ0) is 10.9. The van der Waals surface area contributed by atoms with E-state index in [9.17, 15) is 0 Å². The van der Waals surface area contributed by atoms with Crippen LogP contribution in [-0.4, -0.2) is 62.3 Å². The van der Waals surface area contributed by atoms with Crippen LogP contribution >= 0.6 is 11.8 Å². The van der Waals surface area contributed by atoms with Gasteiger partial charge in [-0.15, -0.1) is 0 Å². The summed E-state index contributed by atoms with van der Waals surface area (Å²) in [6.07, 6.45) is 1.20. The highest BCUT2D eigenvalue weighted by Gasteiger charge is 2.19. The van der Waals surface area contributed by atoms with E-state index in [2.05, 4.69) is 28.9 Å². The van der Waals surface area contributed by atoms with Crippen LogP contribution in [0.5, 0.6) is 0 Å². The summed E-state index contributed by atoms with van der Waals surface area (Å²) >= 11 is 2.06. The summed E-state index contributed by atoms with van der Waals surface area (Å²) in [6, 6.07) is 0.558. The van der Waals surface area contributed by atoms with Crippen molar-refractivity contribution in [2.45, 2.75) is 19.4 Å². The molecule has 0 bridgehead atoms. The van der Waals surface area contributed by atoms with Crippen LogP contribution in [0.15, 0.2) is 0 Å². The smallest absolute Gasteiger partial charge is 0.0630 e. The van der Waals surface area contributed by atoms with Gasteiger partial charge in [0, 0.05) is 44.3 Å². The predicted octanol–water partition coefficient (Wildman–Crippen LogP) is 1.05. The average Bonchev–Trinajstić information content (AvgIpc) is 2.29. The maximum absolute atomic E-state index is 5.30. The van der Waals surface area contributed by atoms with Gasteiger partial charge in [0.1, 0.15) is 0 Å². The van der Waals surface area contributed by atoms with Gasteiger partial charge in [0.2, 0.25) is 0 Å². The van der Waals surface area contributed by atoms with Crippen molar-refractivity contribution >= 4 is 11.8 Å². The molecule has 1 heterocycles. The van der Waals surface area contributed by atoms with E-state index >= 15 is 0 Å². The first-order valence-electron chi connectivity index (χ1n) is 5.90. The van der Waals surface area contributed by atoms with Gasteiger partial charge in [0.25, 0.3) is 0 Å². The Kier molecular flexibility index (Phi) is 7.44. The fraction of sp³-hybridized carbons (Fsp3) is 1.00. The molecule has 1 aliphatic rings. The van der Waals surface area contributed by atoms with Crippen LogP contribution in [0.2, 0.25) is 0 Å². The Morgan fingerprint density at radius 1 is 1.40 bits per heavy atom. The first-order chi connectivity index (χ1) is 7.38. The Balaban J connectivity index is 2.26. The summed E-state index contributed by atoms with van der Waals surface area (Å²) < 4.78 is 5.30. The van der Waals surface area contributed by atoms with Crippen molar-refractivity contribution < 1.29 is 4.74 Å². The van der Waals surface area contributed by atoms with Gasteiger partial charge in [-0.2, -0.15) is 11.8 Å². The van der Waals surface area contributed by atoms with Crippen LogP contribution in [0, 0.1) is 0 Å². The third kappa shape index (κ3) is 5.20. The van der Waals surface area contributed by atoms with E-state index in [1.54, 1.807) is 7.11 Å². The molecule has 1 atom stereocenters. The molecular formula is C11H24N2OS. The number of nitrogens with one attached hydrogen (secondary N) is 1. The standard InChI is InChI=1S/C11H24N2OS/c1-3-4-12-9-11(10-14-2)13-5-7-15-8-6-13/h11-12H,3-10H2,1-2H3. The molecule has 3 nitrogen and oxygen atoms in total. The van der Waals surface area contributed by atoms with E-state index in [0.29, 0.717) is 6.04 Å². The topological polar surface area (TPSA) is 24.5 Å². The molecule has 4 heteroatoms. The van der Waals surface area contributed by atoms with Crippen molar-refractivity contribution in [1.82, 2.24) is 10.2 Å². The van der Waals surface area contributed by atoms with E-state index in [0.717, 1.165) is 19.7 Å². The van der Waals surface area contributed by atoms with E-state index in [1.807, 2.05) is 0 Å². The second-order valence-electron chi connectivity index (χ2n) is 3.96. The Morgan fingerprint density at radius 2 is 2.13 bits per heavy atom. The third-order valence-corrected chi connectivity index (χ3v) is 3.67. The Bertz CT molecular complexity index is 152. The van der Waals surface area contributed by atoms with Crippen molar-refractivity contribution in [3.8, 4) is 0 Å². The van der Waals surface area contributed by atoms with Crippen LogP contribution in [0.1, 0.15) is 13.3 Å². The molecule has 1 unspecified atom stereocenters. The average molecular weight is 232 g/mol. The molecule has 0 aromatic heterocycles. The molecule has 0 amide bonds. The molecule has 1 saturated heterocycles. The molecule has 1 aliphatic heterocycles. The van der Waals surface area contributed by atoms with Gasteiger partial charge in [0.05, 0.1) is 6.61 Å². The van der Waals surface area contributed by atoms with Gasteiger partial charge in [0.15, 0.2) is 0 Å². The second-order valence-corrected chi connectivity index (χ2v) is 5.19. The molecule has 0 spiro atoms. The first-order valence-corrected chi connectivity index (χ1v) is 7.05. The summed E-state index contributed by atoms with van der Waals surface area (Å²) in [5.41, 5.74) is 0. The van der Waals surface area contributed by atoms with Crippen molar-refractivity contribution in [3.05, 3.63) is 0 Å². The van der Waals surface area contributed by atoms with Crippen molar-refractivity contribution in [2.75, 3.05) is 51.4 Å². The largest absolute Gasteiger partial charge is 0.383 e. The molecule has 1 N–H and O–H groups in total. The van der Waals surface area contributed by atoms with Crippen LogP contribution < -0.4 is 5.32 Å². The summed E-state index contributed by atoms with van der Waals surface area (Å²) in [5, 5.41) is 3.49. The minimum atomic E-state index is 0.558. The van der Waals surface area contributed by atoms with Gasteiger partial charge in [-0.3, -0.25) is 4.90 Å². The number of hydrogen-bond acceptors (Lipinski definition) is 4. The van der Waals surface area contributed by atoms with Crippen molar-refractivity contribution in [1.29, 1.82) is 0 Å². The monoisotopic (exact) mass is 232 g/mol. The fourth-order valence-electron chi connectivity index (χ4n) is 1.87. The van der Waals surface area contributed by atoms with E-state index < -0.39 is 0 Å². The van der Waals surface area contributed by atoms with E-state index in [-0.39, 0.29) is 0 Å². The minimum Gasteiger partial charge on any atom is -0.383 e. The van der Waals surface area contributed by atoms with Crippen LogP contribution in [-0.2, 0) is 4.74 Å². The summed E-state index contributed by atoms with van der Waals surface area (Å²) in [6.45, 7) is 7.66. The number of methoxy groups -OCH3 is 1. The van der Waals surface area contributed by atoms with E-state index in [4.69, 9.17) is 4.74 Å². The number of ether oxygens (including phenoxy) is 1. The van der Waals surface area contributed by atoms with Crippen molar-refractivity contribution in [2.24, 2.45) is 0 Å². The molecule has 0 aromatic carbocycles. The molecule has 90 valence electrons. The van der Waals surface area contributed by atoms with Crippen LogP contribution in [0.3, 0.4) is 0 Å². The maximum Gasteiger partial charge on any atom is 0.0630 e. The Morgan fingerprint density at radius 3 is 2.73 bits per heavy atom. The molecule has 1 rings (SSSR count). The Labute approximate surface area is 97.9 Å². The van der Waals surface area contributed by atoms with E-state index in [1.165, 1.54) is 31.0 Å². The number of thioether (sulfide) groups is 1. The lowest BCUT2D eigenvalue weighted by Gasteiger charge is -2.34. The molecule has 0 saturated carbocycles. The highest BCUT2D eigenvalue weighted by molar-refractivity contribution is 7.99. The molecular weight excluding hydrogens is 208 g/mol. The highest BCUT2D eigenvalue weighted by Crippen LogP contribution is 2.12. The van der Waals surface area contributed by atoms with Gasteiger partial charge >= 0.3 is 0 Å². The predicted molar refractivity (Wildman–Crippen MR) is 67.7 cm³/mol. The highest BCUT2D eigenvalue weighted by atomic mass is 32.2. The lowest BCUT2D eigenvalue weighted by atomic mass is 10.2. The maximum atomic E-state index is 5.30. The van der Waals surface area contributed by atoms with Gasteiger partial charge in [-0.1, -0.05) is 6.92 Å². The third-order valence-electron chi connectivity index (χ3n) is 2.73. The van der Waals surface area contributed by atoms with Gasteiger partial charge in [-0.25, -0.2) is 0 Å². The Hall–Kier alpha value is 0.230. The second kappa shape index (κ2) is 8.39. The SMILES string of the molecule is CCCNCC(COC)N1CCSCC1. The number of hydrogen-bond donors (Lipinski definition) is 1. The zero-order valence-corrected chi connectivity index (χ0v) is 10.8. The quantitative estimate of drug-likeness (QED) is 0.663. The van der Waals surface area contributed by atoms with Crippen molar-refractivity contribution in [3.63, 3.8) is 0 Å². The normalized spacial score (nSPS) is 20.4. The molecule has 0 aromatic rings. The summed E-state index contributed by atoms with van der Waals surface area (Å²) in [4.78, 5) is 2.56. The molecule has 0 radical (unpaired) electrons. The molecule has 1 fully saturated rings. The van der Waals surface area contributed by atoms with Gasteiger partial charge < -0.3 is 10.1 Å². The summed E-state index contributed by atoms with van der Waals surface area (Å²) in [5.74, 6) is 2.54. The summed E-state index contributed by atoms with van der Waals surface area (Å²) in [7, 11) is 1.80. The van der Waals surface area contributed by atoms with Gasteiger partial charge in [-0.05, 0) is 13.0 Å². The van der Waals surface area contributed by atoms with Crippen LogP contribution in [0.25, 0.3) is 0 Å². The number of nitrogens with zero attached hydrogens (tertiary/aromatic N) is 1. The minimum absolute atomic E-state index is 0.558. The molecule has 15 heavy (non-hydrogen) atoms. The lowest BCUT2D eigenvalue weighted by Crippen LogP contribution is -2.48. The number of rotatable bonds is 7.